The number of aromatic nitrogens is 1. The van der Waals surface area contributed by atoms with E-state index < -0.39 is 18.6 Å². The number of alkyl halides is 3. The summed E-state index contributed by atoms with van der Waals surface area (Å²) in [6.45, 7) is 1.88. The van der Waals surface area contributed by atoms with Gasteiger partial charge >= 0.3 is 12.1 Å². The summed E-state index contributed by atoms with van der Waals surface area (Å²) in [6.07, 6.45) is 1.85. The van der Waals surface area contributed by atoms with Crippen LogP contribution in [0.1, 0.15) is 60.3 Å². The maximum atomic E-state index is 13.6. The molecule has 1 atom stereocenters. The third-order valence-corrected chi connectivity index (χ3v) is 7.27. The number of aryl methyl sites for hydroxylation is 1. The number of halogens is 3. The lowest BCUT2D eigenvalue weighted by atomic mass is 9.83. The standard InChI is InChI=1S/C30H31F3N2O3/c1-19-21(13-14-27(36)37)7-4-8-26(19)35-29(38)28(23-5-2-3-6-23)24-11-9-22(10-12-24)25-15-20(17-34-18-25)16-30(31,32)33/h4,7-12,15,17-18,23,28H,2-3,5-6,13-14,16H2,1H3,(H,35,38)(H,36,37). The number of nitrogens with one attached hydrogen (secondary N) is 1. The Labute approximate surface area is 220 Å². The Morgan fingerprint density at radius 3 is 2.42 bits per heavy atom. The van der Waals surface area contributed by atoms with Crippen LogP contribution in [-0.4, -0.2) is 28.1 Å². The van der Waals surface area contributed by atoms with Crippen LogP contribution in [0.4, 0.5) is 18.9 Å². The predicted octanol–water partition coefficient (Wildman–Crippen LogP) is 7.09. The molecule has 1 aliphatic carbocycles. The van der Waals surface area contributed by atoms with Crippen molar-refractivity contribution >= 4 is 17.6 Å². The molecule has 4 rings (SSSR count). The van der Waals surface area contributed by atoms with E-state index in [0.717, 1.165) is 47.9 Å². The fraction of sp³-hybridized carbons (Fsp3) is 0.367. The molecule has 38 heavy (non-hydrogen) atoms. The molecule has 1 unspecified atom stereocenters. The Hall–Kier alpha value is -3.68. The van der Waals surface area contributed by atoms with E-state index >= 15 is 0 Å². The summed E-state index contributed by atoms with van der Waals surface area (Å²) < 4.78 is 38.5. The molecule has 0 radical (unpaired) electrons. The second kappa shape index (κ2) is 11.8. The lowest BCUT2D eigenvalue weighted by Crippen LogP contribution is -2.27. The highest BCUT2D eigenvalue weighted by Crippen LogP contribution is 2.39. The molecule has 1 aromatic heterocycles. The van der Waals surface area contributed by atoms with Gasteiger partial charge < -0.3 is 10.4 Å². The molecule has 2 aromatic carbocycles. The van der Waals surface area contributed by atoms with Crippen LogP contribution in [0.25, 0.3) is 11.1 Å². The second-order valence-electron chi connectivity index (χ2n) is 9.99. The molecule has 200 valence electrons. The smallest absolute Gasteiger partial charge is 0.393 e. The van der Waals surface area contributed by atoms with Gasteiger partial charge in [0.15, 0.2) is 0 Å². The van der Waals surface area contributed by atoms with E-state index in [2.05, 4.69) is 10.3 Å². The number of nitrogens with zero attached hydrogens (tertiary/aromatic N) is 1. The lowest BCUT2D eigenvalue weighted by Gasteiger charge is -2.24. The normalized spacial score (nSPS) is 14.8. The van der Waals surface area contributed by atoms with E-state index in [-0.39, 0.29) is 29.7 Å². The topological polar surface area (TPSA) is 79.3 Å². The highest BCUT2D eigenvalue weighted by Gasteiger charge is 2.32. The van der Waals surface area contributed by atoms with Gasteiger partial charge in [-0.25, -0.2) is 0 Å². The molecule has 5 nitrogen and oxygen atoms in total. The summed E-state index contributed by atoms with van der Waals surface area (Å²) in [6, 6.07) is 14.4. The number of carbonyl (C=O) groups is 2. The highest BCUT2D eigenvalue weighted by molar-refractivity contribution is 5.97. The van der Waals surface area contributed by atoms with Crippen LogP contribution >= 0.6 is 0 Å². The maximum absolute atomic E-state index is 13.6. The molecular weight excluding hydrogens is 493 g/mol. The summed E-state index contributed by atoms with van der Waals surface area (Å²) in [4.78, 5) is 28.6. The second-order valence-corrected chi connectivity index (χ2v) is 9.99. The minimum atomic E-state index is -4.31. The van der Waals surface area contributed by atoms with Gasteiger partial charge in [0.05, 0.1) is 12.3 Å². The number of pyridine rings is 1. The molecule has 1 aliphatic rings. The van der Waals surface area contributed by atoms with Crippen molar-refractivity contribution in [2.75, 3.05) is 5.32 Å². The number of rotatable bonds is 9. The number of aliphatic carboxylic acids is 1. The maximum Gasteiger partial charge on any atom is 0.393 e. The van der Waals surface area contributed by atoms with Crippen LogP contribution in [0.15, 0.2) is 60.9 Å². The van der Waals surface area contributed by atoms with Gasteiger partial charge in [0.2, 0.25) is 5.91 Å². The molecular formula is C30H31F3N2O3. The summed E-state index contributed by atoms with van der Waals surface area (Å²) in [5.74, 6) is -1.17. The zero-order chi connectivity index (χ0) is 27.3. The fourth-order valence-corrected chi connectivity index (χ4v) is 5.33. The van der Waals surface area contributed by atoms with Crippen molar-refractivity contribution < 1.29 is 27.9 Å². The van der Waals surface area contributed by atoms with E-state index in [4.69, 9.17) is 5.11 Å². The first kappa shape index (κ1) is 27.4. The third kappa shape index (κ3) is 7.00. The van der Waals surface area contributed by atoms with E-state index in [1.807, 2.05) is 49.4 Å². The largest absolute Gasteiger partial charge is 0.481 e. The van der Waals surface area contributed by atoms with Gasteiger partial charge in [0.25, 0.3) is 0 Å². The average molecular weight is 525 g/mol. The number of carboxylic acids is 1. The molecule has 0 saturated heterocycles. The van der Waals surface area contributed by atoms with Crippen LogP contribution in [0.5, 0.6) is 0 Å². The van der Waals surface area contributed by atoms with Crippen molar-refractivity contribution in [2.24, 2.45) is 5.92 Å². The van der Waals surface area contributed by atoms with Gasteiger partial charge in [-0.3, -0.25) is 14.6 Å². The SMILES string of the molecule is Cc1c(CCC(=O)O)cccc1NC(=O)C(c1ccc(-c2cncc(CC(F)(F)F)c2)cc1)C1CCCC1. The number of anilines is 1. The van der Waals surface area contributed by atoms with E-state index in [1.165, 1.54) is 18.5 Å². The molecule has 8 heteroatoms. The van der Waals surface area contributed by atoms with Gasteiger partial charge in [-0.1, -0.05) is 49.2 Å². The first-order valence-corrected chi connectivity index (χ1v) is 12.8. The van der Waals surface area contributed by atoms with Crippen molar-refractivity contribution in [2.45, 2.75) is 64.0 Å². The van der Waals surface area contributed by atoms with Crippen LogP contribution in [0, 0.1) is 12.8 Å². The van der Waals surface area contributed by atoms with Gasteiger partial charge in [-0.2, -0.15) is 13.2 Å². The third-order valence-electron chi connectivity index (χ3n) is 7.27. The number of carboxylic acid groups (broad SMARTS) is 1. The summed E-state index contributed by atoms with van der Waals surface area (Å²) in [5.41, 5.74) is 4.69. The van der Waals surface area contributed by atoms with Gasteiger partial charge in [0.1, 0.15) is 0 Å². The summed E-state index contributed by atoms with van der Waals surface area (Å²) >= 11 is 0. The van der Waals surface area contributed by atoms with Gasteiger partial charge in [-0.05, 0) is 72.1 Å². The molecule has 1 heterocycles. The molecule has 1 saturated carbocycles. The van der Waals surface area contributed by atoms with Crippen LogP contribution in [-0.2, 0) is 22.4 Å². The van der Waals surface area contributed by atoms with Crippen LogP contribution < -0.4 is 5.32 Å². The van der Waals surface area contributed by atoms with Crippen LogP contribution in [0.2, 0.25) is 0 Å². The summed E-state index contributed by atoms with van der Waals surface area (Å²) in [7, 11) is 0. The molecule has 0 spiro atoms. The monoisotopic (exact) mass is 524 g/mol. The first-order chi connectivity index (χ1) is 18.1. The summed E-state index contributed by atoms with van der Waals surface area (Å²) in [5, 5.41) is 12.1. The highest BCUT2D eigenvalue weighted by atomic mass is 19.4. The molecule has 1 amide bonds. The van der Waals surface area contributed by atoms with E-state index in [1.54, 1.807) is 0 Å². The zero-order valence-electron chi connectivity index (χ0n) is 21.2. The van der Waals surface area contributed by atoms with Crippen molar-refractivity contribution in [1.29, 1.82) is 0 Å². The Morgan fingerprint density at radius 1 is 1.05 bits per heavy atom. The number of hydrogen-bond acceptors (Lipinski definition) is 3. The quantitative estimate of drug-likeness (QED) is 0.313. The lowest BCUT2D eigenvalue weighted by molar-refractivity contribution is -0.137. The van der Waals surface area contributed by atoms with Crippen LogP contribution in [0.3, 0.4) is 0 Å². The minimum absolute atomic E-state index is 0.0178. The predicted molar refractivity (Wildman–Crippen MR) is 140 cm³/mol. The Kier molecular flexibility index (Phi) is 8.49. The van der Waals surface area contributed by atoms with Crippen molar-refractivity contribution in [3.05, 3.63) is 83.2 Å². The van der Waals surface area contributed by atoms with Crippen molar-refractivity contribution in [3.63, 3.8) is 0 Å². The first-order valence-electron chi connectivity index (χ1n) is 12.8. The van der Waals surface area contributed by atoms with E-state index in [9.17, 15) is 22.8 Å². The Balaban J connectivity index is 1.56. The number of hydrogen-bond donors (Lipinski definition) is 2. The molecule has 2 N–H and O–H groups in total. The Bertz CT molecular complexity index is 1280. The number of amides is 1. The van der Waals surface area contributed by atoms with Gasteiger partial charge in [-0.15, -0.1) is 0 Å². The molecule has 3 aromatic rings. The zero-order valence-corrected chi connectivity index (χ0v) is 21.2. The van der Waals surface area contributed by atoms with E-state index in [0.29, 0.717) is 17.7 Å². The number of carbonyl (C=O) groups excluding carboxylic acids is 1. The molecule has 0 bridgehead atoms. The van der Waals surface area contributed by atoms with Crippen molar-refractivity contribution in [3.8, 4) is 11.1 Å². The van der Waals surface area contributed by atoms with Crippen molar-refractivity contribution in [1.82, 2.24) is 4.98 Å². The molecule has 0 aliphatic heterocycles. The number of benzene rings is 2. The van der Waals surface area contributed by atoms with Gasteiger partial charge in [0, 0.05) is 30.1 Å². The minimum Gasteiger partial charge on any atom is -0.481 e. The Morgan fingerprint density at radius 2 is 1.76 bits per heavy atom. The average Bonchev–Trinajstić information content (AvgIpc) is 3.38. The fourth-order valence-electron chi connectivity index (χ4n) is 5.33. The molecule has 1 fully saturated rings.